The molecule has 0 unspecified atom stereocenters. The highest BCUT2D eigenvalue weighted by Crippen LogP contribution is 2.32. The molecule has 21 heavy (non-hydrogen) atoms. The maximum Gasteiger partial charge on any atom is 0.329 e. The highest BCUT2D eigenvalue weighted by molar-refractivity contribution is 5.98. The maximum absolute atomic E-state index is 11.9. The number of carboxylic acids is 1. The number of nitrogens with one attached hydrogen (secondary N) is 1. The molecule has 1 amide bonds. The fraction of sp³-hybridized carbons (Fsp3) is 0.438. The van der Waals surface area contributed by atoms with Gasteiger partial charge < -0.3 is 10.4 Å². The van der Waals surface area contributed by atoms with Crippen LogP contribution in [0.25, 0.3) is 0 Å². The van der Waals surface area contributed by atoms with Crippen molar-refractivity contribution in [3.63, 3.8) is 0 Å². The quantitative estimate of drug-likeness (QED) is 0.785. The monoisotopic (exact) mass is 289 g/mol. The maximum atomic E-state index is 11.9. The van der Waals surface area contributed by atoms with Gasteiger partial charge in [-0.15, -0.1) is 0 Å². The largest absolute Gasteiger partial charge is 0.480 e. The number of ketones is 1. The molecule has 0 bridgehead atoms. The van der Waals surface area contributed by atoms with Crippen LogP contribution in [0.5, 0.6) is 0 Å². The number of aliphatic carboxylic acids is 1. The molecule has 1 fully saturated rings. The molecule has 0 atom stereocenters. The summed E-state index contributed by atoms with van der Waals surface area (Å²) in [4.78, 5) is 34.9. The molecule has 1 aromatic rings. The predicted molar refractivity (Wildman–Crippen MR) is 77.1 cm³/mol. The summed E-state index contributed by atoms with van der Waals surface area (Å²) in [5.41, 5.74) is 0.534. The van der Waals surface area contributed by atoms with Crippen molar-refractivity contribution in [1.82, 2.24) is 5.32 Å². The third-order valence-electron chi connectivity index (χ3n) is 3.95. The standard InChI is InChI=1S/C16H19NO4/c1-11-3-5-12(6-4-11)13(18)7-8-14(19)17-16(15(20)21)9-2-10-16/h3-6H,2,7-10H2,1H3,(H,17,19)(H,20,21). The molecule has 112 valence electrons. The van der Waals surface area contributed by atoms with Crippen LogP contribution in [-0.4, -0.2) is 28.3 Å². The number of carboxylic acid groups (broad SMARTS) is 1. The van der Waals surface area contributed by atoms with E-state index in [1.54, 1.807) is 12.1 Å². The lowest BCUT2D eigenvalue weighted by atomic mass is 9.76. The van der Waals surface area contributed by atoms with Crippen LogP contribution >= 0.6 is 0 Å². The SMILES string of the molecule is Cc1ccc(C(=O)CCC(=O)NC2(C(=O)O)CCC2)cc1. The van der Waals surface area contributed by atoms with Crippen molar-refractivity contribution >= 4 is 17.7 Å². The fourth-order valence-electron chi connectivity index (χ4n) is 2.36. The zero-order chi connectivity index (χ0) is 15.5. The molecule has 0 saturated heterocycles. The molecule has 5 heteroatoms. The molecular weight excluding hydrogens is 270 g/mol. The molecule has 2 rings (SSSR count). The van der Waals surface area contributed by atoms with Crippen LogP contribution in [0.2, 0.25) is 0 Å². The Kier molecular flexibility index (Phi) is 4.40. The number of hydrogen-bond donors (Lipinski definition) is 2. The Bertz CT molecular complexity index is 558. The lowest BCUT2D eigenvalue weighted by Crippen LogP contribution is -2.59. The Morgan fingerprint density at radius 2 is 1.76 bits per heavy atom. The van der Waals surface area contributed by atoms with Crippen LogP contribution in [-0.2, 0) is 9.59 Å². The van der Waals surface area contributed by atoms with Crippen LogP contribution in [0.15, 0.2) is 24.3 Å². The molecule has 0 spiro atoms. The topological polar surface area (TPSA) is 83.5 Å². The second kappa shape index (κ2) is 6.08. The van der Waals surface area contributed by atoms with Gasteiger partial charge >= 0.3 is 5.97 Å². The van der Waals surface area contributed by atoms with Gasteiger partial charge in [-0.05, 0) is 26.2 Å². The number of benzene rings is 1. The van der Waals surface area contributed by atoms with Gasteiger partial charge in [-0.1, -0.05) is 29.8 Å². The number of carbonyl (C=O) groups excluding carboxylic acids is 2. The summed E-state index contributed by atoms with van der Waals surface area (Å²) in [5, 5.41) is 11.7. The summed E-state index contributed by atoms with van der Waals surface area (Å²) in [6.07, 6.45) is 1.82. The average molecular weight is 289 g/mol. The van der Waals surface area contributed by atoms with E-state index in [9.17, 15) is 14.4 Å². The first-order valence-electron chi connectivity index (χ1n) is 7.07. The summed E-state index contributed by atoms with van der Waals surface area (Å²) >= 11 is 0. The number of amides is 1. The summed E-state index contributed by atoms with van der Waals surface area (Å²) in [5.74, 6) is -1.48. The van der Waals surface area contributed by atoms with Crippen LogP contribution in [0.4, 0.5) is 0 Å². The number of aryl methyl sites for hydroxylation is 1. The predicted octanol–water partition coefficient (Wildman–Crippen LogP) is 2.08. The number of carbonyl (C=O) groups is 3. The molecule has 1 aliphatic rings. The minimum atomic E-state index is -1.11. The van der Waals surface area contributed by atoms with Gasteiger partial charge in [0.15, 0.2) is 5.78 Å². The Balaban J connectivity index is 1.85. The summed E-state index contributed by atoms with van der Waals surface area (Å²) in [6, 6.07) is 7.17. The van der Waals surface area contributed by atoms with Gasteiger partial charge in [-0.3, -0.25) is 9.59 Å². The second-order valence-electron chi connectivity index (χ2n) is 5.58. The summed E-state index contributed by atoms with van der Waals surface area (Å²) in [7, 11) is 0. The third-order valence-corrected chi connectivity index (χ3v) is 3.95. The van der Waals surface area contributed by atoms with Crippen molar-refractivity contribution in [2.75, 3.05) is 0 Å². The van der Waals surface area contributed by atoms with E-state index in [1.165, 1.54) is 0 Å². The van der Waals surface area contributed by atoms with Gasteiger partial charge in [-0.2, -0.15) is 0 Å². The van der Waals surface area contributed by atoms with Crippen molar-refractivity contribution < 1.29 is 19.5 Å². The van der Waals surface area contributed by atoms with Gasteiger partial charge in [0.1, 0.15) is 5.54 Å². The Morgan fingerprint density at radius 1 is 1.14 bits per heavy atom. The van der Waals surface area contributed by atoms with Crippen LogP contribution in [0.1, 0.15) is 48.0 Å². The van der Waals surface area contributed by atoms with E-state index in [-0.39, 0.29) is 24.5 Å². The van der Waals surface area contributed by atoms with Crippen LogP contribution < -0.4 is 5.32 Å². The first-order chi connectivity index (χ1) is 9.93. The van der Waals surface area contributed by atoms with Gasteiger partial charge in [0.25, 0.3) is 0 Å². The minimum Gasteiger partial charge on any atom is -0.480 e. The van der Waals surface area contributed by atoms with Gasteiger partial charge in [0.05, 0.1) is 0 Å². The van der Waals surface area contributed by atoms with E-state index in [4.69, 9.17) is 5.11 Å². The van der Waals surface area contributed by atoms with Crippen molar-refractivity contribution in [3.8, 4) is 0 Å². The molecule has 1 aromatic carbocycles. The van der Waals surface area contributed by atoms with Crippen LogP contribution in [0.3, 0.4) is 0 Å². The molecule has 0 heterocycles. The molecule has 2 N–H and O–H groups in total. The first kappa shape index (κ1) is 15.2. The van der Waals surface area contributed by atoms with Crippen molar-refractivity contribution in [1.29, 1.82) is 0 Å². The lowest BCUT2D eigenvalue weighted by Gasteiger charge is -2.38. The molecule has 0 aliphatic heterocycles. The molecular formula is C16H19NO4. The van der Waals surface area contributed by atoms with Gasteiger partial charge in [-0.25, -0.2) is 4.79 Å². The first-order valence-corrected chi connectivity index (χ1v) is 7.07. The summed E-state index contributed by atoms with van der Waals surface area (Å²) < 4.78 is 0. The van der Waals surface area contributed by atoms with E-state index < -0.39 is 11.5 Å². The van der Waals surface area contributed by atoms with E-state index in [0.29, 0.717) is 18.4 Å². The number of Topliss-reactive ketones (excluding diaryl/α,β-unsaturated/α-hetero) is 1. The zero-order valence-electron chi connectivity index (χ0n) is 12.0. The highest BCUT2D eigenvalue weighted by Gasteiger charge is 2.45. The molecule has 0 aromatic heterocycles. The minimum absolute atomic E-state index is 0.0156. The highest BCUT2D eigenvalue weighted by atomic mass is 16.4. The molecule has 1 aliphatic carbocycles. The fourth-order valence-corrected chi connectivity index (χ4v) is 2.36. The Morgan fingerprint density at radius 3 is 2.24 bits per heavy atom. The Labute approximate surface area is 123 Å². The zero-order valence-corrected chi connectivity index (χ0v) is 12.0. The van der Waals surface area contributed by atoms with E-state index in [1.807, 2.05) is 19.1 Å². The smallest absolute Gasteiger partial charge is 0.329 e. The van der Waals surface area contributed by atoms with E-state index in [2.05, 4.69) is 5.32 Å². The van der Waals surface area contributed by atoms with Crippen molar-refractivity contribution in [2.24, 2.45) is 0 Å². The number of rotatable bonds is 6. The van der Waals surface area contributed by atoms with Gasteiger partial charge in [0.2, 0.25) is 5.91 Å². The average Bonchev–Trinajstić information content (AvgIpc) is 2.40. The lowest BCUT2D eigenvalue weighted by molar-refractivity contribution is -0.151. The molecule has 1 saturated carbocycles. The van der Waals surface area contributed by atoms with Crippen molar-refractivity contribution in [2.45, 2.75) is 44.6 Å². The van der Waals surface area contributed by atoms with Crippen molar-refractivity contribution in [3.05, 3.63) is 35.4 Å². The molecule has 5 nitrogen and oxygen atoms in total. The third kappa shape index (κ3) is 3.48. The molecule has 0 radical (unpaired) electrons. The Hall–Kier alpha value is -2.17. The van der Waals surface area contributed by atoms with Gasteiger partial charge in [0, 0.05) is 18.4 Å². The second-order valence-corrected chi connectivity index (χ2v) is 5.58. The van der Waals surface area contributed by atoms with Crippen LogP contribution in [0, 0.1) is 6.92 Å². The van der Waals surface area contributed by atoms with E-state index in [0.717, 1.165) is 12.0 Å². The normalized spacial score (nSPS) is 15.9. The van der Waals surface area contributed by atoms with E-state index >= 15 is 0 Å². The summed E-state index contributed by atoms with van der Waals surface area (Å²) in [6.45, 7) is 1.94. The number of hydrogen-bond acceptors (Lipinski definition) is 3.